The summed E-state index contributed by atoms with van der Waals surface area (Å²) in [6.45, 7) is 7.98. The Balaban J connectivity index is 2.64. The van der Waals surface area contributed by atoms with Crippen molar-refractivity contribution in [3.63, 3.8) is 0 Å². The lowest BCUT2D eigenvalue weighted by molar-refractivity contribution is 0.576. The van der Waals surface area contributed by atoms with Gasteiger partial charge in [-0.05, 0) is 36.5 Å². The molecule has 3 N–H and O–H groups in total. The summed E-state index contributed by atoms with van der Waals surface area (Å²) in [6.07, 6.45) is 1.10. The number of anilines is 1. The first kappa shape index (κ1) is 16.3. The number of rotatable bonds is 6. The predicted octanol–water partition coefficient (Wildman–Crippen LogP) is 2.51. The molecule has 0 atom stereocenters. The lowest BCUT2D eigenvalue weighted by atomic mass is 10.1. The monoisotopic (exact) mass is 276 g/mol. The van der Waals surface area contributed by atoms with E-state index < -0.39 is 0 Å². The molecule has 0 unspecified atom stereocenters. The number of nitrogens with one attached hydrogen (secondary N) is 1. The minimum atomic E-state index is 0.524. The number of aliphatic imine (C=N–C) groups is 1. The first-order valence-electron chi connectivity index (χ1n) is 7.20. The lowest BCUT2D eigenvalue weighted by Crippen LogP contribution is -2.32. The van der Waals surface area contributed by atoms with Crippen molar-refractivity contribution in [2.75, 3.05) is 25.5 Å². The molecule has 1 rings (SSSR count). The molecule has 0 aliphatic heterocycles. The molecule has 0 bridgehead atoms. The standard InChI is InChI=1S/C16H28N4/c1-12(2)8-9-18-16(17)19-11-14-7-6-13(3)10-15(14)20(4)5/h6-7,10,12H,8-9,11H2,1-5H3,(H3,17,18,19). The van der Waals surface area contributed by atoms with Gasteiger partial charge in [0.15, 0.2) is 5.96 Å². The second-order valence-corrected chi connectivity index (χ2v) is 5.84. The van der Waals surface area contributed by atoms with Gasteiger partial charge in [-0.15, -0.1) is 0 Å². The second-order valence-electron chi connectivity index (χ2n) is 5.84. The Morgan fingerprint density at radius 2 is 2.05 bits per heavy atom. The second kappa shape index (κ2) is 7.78. The minimum absolute atomic E-state index is 0.524. The van der Waals surface area contributed by atoms with Crippen molar-refractivity contribution >= 4 is 11.6 Å². The van der Waals surface area contributed by atoms with Crippen molar-refractivity contribution in [2.45, 2.75) is 33.7 Å². The molecular formula is C16H28N4. The van der Waals surface area contributed by atoms with E-state index in [1.807, 2.05) is 14.1 Å². The molecule has 0 heterocycles. The van der Waals surface area contributed by atoms with E-state index in [4.69, 9.17) is 5.73 Å². The smallest absolute Gasteiger partial charge is 0.188 e. The molecule has 20 heavy (non-hydrogen) atoms. The maximum absolute atomic E-state index is 5.89. The van der Waals surface area contributed by atoms with Crippen molar-refractivity contribution in [3.8, 4) is 0 Å². The van der Waals surface area contributed by atoms with Crippen molar-refractivity contribution in [1.82, 2.24) is 5.32 Å². The molecule has 0 saturated carbocycles. The van der Waals surface area contributed by atoms with Gasteiger partial charge in [-0.2, -0.15) is 0 Å². The predicted molar refractivity (Wildman–Crippen MR) is 88.3 cm³/mol. The maximum atomic E-state index is 5.89. The van der Waals surface area contributed by atoms with Gasteiger partial charge >= 0.3 is 0 Å². The van der Waals surface area contributed by atoms with E-state index in [9.17, 15) is 0 Å². The van der Waals surface area contributed by atoms with Crippen LogP contribution in [0.15, 0.2) is 23.2 Å². The summed E-state index contributed by atoms with van der Waals surface area (Å²) >= 11 is 0. The van der Waals surface area contributed by atoms with E-state index in [0.29, 0.717) is 18.4 Å². The molecule has 0 aromatic heterocycles. The average Bonchev–Trinajstić information content (AvgIpc) is 2.36. The number of nitrogens with zero attached hydrogens (tertiary/aromatic N) is 2. The van der Waals surface area contributed by atoms with E-state index in [2.05, 4.69) is 54.2 Å². The van der Waals surface area contributed by atoms with Gasteiger partial charge in [0, 0.05) is 26.3 Å². The largest absolute Gasteiger partial charge is 0.377 e. The van der Waals surface area contributed by atoms with Crippen LogP contribution in [0.4, 0.5) is 5.69 Å². The first-order chi connectivity index (χ1) is 9.40. The van der Waals surface area contributed by atoms with Gasteiger partial charge in [-0.3, -0.25) is 0 Å². The maximum Gasteiger partial charge on any atom is 0.188 e. The molecule has 0 spiro atoms. The van der Waals surface area contributed by atoms with Crippen LogP contribution in [-0.4, -0.2) is 26.6 Å². The van der Waals surface area contributed by atoms with Crippen LogP contribution in [0.1, 0.15) is 31.4 Å². The van der Waals surface area contributed by atoms with Crippen LogP contribution in [-0.2, 0) is 6.54 Å². The molecule has 112 valence electrons. The fraction of sp³-hybridized carbons (Fsp3) is 0.562. The zero-order chi connectivity index (χ0) is 15.1. The van der Waals surface area contributed by atoms with Crippen LogP contribution in [0, 0.1) is 12.8 Å². The van der Waals surface area contributed by atoms with Crippen LogP contribution in [0.2, 0.25) is 0 Å². The number of aryl methyl sites for hydroxylation is 1. The van der Waals surface area contributed by atoms with Gasteiger partial charge < -0.3 is 16.0 Å². The van der Waals surface area contributed by atoms with Crippen molar-refractivity contribution < 1.29 is 0 Å². The highest BCUT2D eigenvalue weighted by molar-refractivity contribution is 5.77. The third-order valence-corrected chi connectivity index (χ3v) is 3.17. The molecular weight excluding hydrogens is 248 g/mol. The number of hydrogen-bond donors (Lipinski definition) is 2. The Morgan fingerprint density at radius 1 is 1.35 bits per heavy atom. The quantitative estimate of drug-likeness (QED) is 0.620. The Kier molecular flexibility index (Phi) is 6.36. The summed E-state index contributed by atoms with van der Waals surface area (Å²) < 4.78 is 0. The fourth-order valence-corrected chi connectivity index (χ4v) is 1.94. The zero-order valence-corrected chi connectivity index (χ0v) is 13.4. The average molecular weight is 276 g/mol. The molecule has 0 aliphatic carbocycles. The molecule has 0 amide bonds. The van der Waals surface area contributed by atoms with E-state index in [-0.39, 0.29) is 0 Å². The number of nitrogens with two attached hydrogens (primary N) is 1. The van der Waals surface area contributed by atoms with Crippen LogP contribution in [0.3, 0.4) is 0 Å². The third kappa shape index (κ3) is 5.51. The SMILES string of the molecule is Cc1ccc(CN=C(N)NCCC(C)C)c(N(C)C)c1. The van der Waals surface area contributed by atoms with Gasteiger partial charge in [-0.25, -0.2) is 4.99 Å². The van der Waals surface area contributed by atoms with Crippen LogP contribution in [0.5, 0.6) is 0 Å². The van der Waals surface area contributed by atoms with E-state index >= 15 is 0 Å². The van der Waals surface area contributed by atoms with Crippen LogP contribution >= 0.6 is 0 Å². The summed E-state index contributed by atoms with van der Waals surface area (Å²) in [5.41, 5.74) is 9.53. The summed E-state index contributed by atoms with van der Waals surface area (Å²) in [5.74, 6) is 1.20. The molecule has 0 fully saturated rings. The number of guanidine groups is 1. The highest BCUT2D eigenvalue weighted by Gasteiger charge is 2.04. The minimum Gasteiger partial charge on any atom is -0.377 e. The van der Waals surface area contributed by atoms with Crippen molar-refractivity contribution in [1.29, 1.82) is 0 Å². The Labute approximate surface area is 123 Å². The van der Waals surface area contributed by atoms with E-state index in [1.54, 1.807) is 0 Å². The molecule has 1 aromatic carbocycles. The first-order valence-corrected chi connectivity index (χ1v) is 7.20. The van der Waals surface area contributed by atoms with Crippen LogP contribution in [0.25, 0.3) is 0 Å². The Bertz CT molecular complexity index is 450. The Morgan fingerprint density at radius 3 is 2.65 bits per heavy atom. The molecule has 4 nitrogen and oxygen atoms in total. The summed E-state index contributed by atoms with van der Waals surface area (Å²) in [4.78, 5) is 6.53. The van der Waals surface area contributed by atoms with Gasteiger partial charge in [0.2, 0.25) is 0 Å². The number of benzene rings is 1. The van der Waals surface area contributed by atoms with Gasteiger partial charge in [0.25, 0.3) is 0 Å². The molecule has 1 aromatic rings. The van der Waals surface area contributed by atoms with E-state index in [1.165, 1.54) is 16.8 Å². The van der Waals surface area contributed by atoms with Crippen molar-refractivity contribution in [3.05, 3.63) is 29.3 Å². The van der Waals surface area contributed by atoms with Crippen molar-refractivity contribution in [2.24, 2.45) is 16.6 Å². The van der Waals surface area contributed by atoms with E-state index in [0.717, 1.165) is 13.0 Å². The molecule has 4 heteroatoms. The highest BCUT2D eigenvalue weighted by Crippen LogP contribution is 2.20. The molecule has 0 saturated heterocycles. The summed E-state index contributed by atoms with van der Waals surface area (Å²) in [5, 5.41) is 3.16. The number of hydrogen-bond acceptors (Lipinski definition) is 2. The summed E-state index contributed by atoms with van der Waals surface area (Å²) in [7, 11) is 4.10. The lowest BCUT2D eigenvalue weighted by Gasteiger charge is -2.17. The Hall–Kier alpha value is -1.71. The summed E-state index contributed by atoms with van der Waals surface area (Å²) in [6, 6.07) is 6.41. The van der Waals surface area contributed by atoms with Gasteiger partial charge in [0.05, 0.1) is 6.54 Å². The highest BCUT2D eigenvalue weighted by atomic mass is 15.1. The topological polar surface area (TPSA) is 53.6 Å². The molecule has 0 aliphatic rings. The zero-order valence-electron chi connectivity index (χ0n) is 13.4. The third-order valence-electron chi connectivity index (χ3n) is 3.17. The van der Waals surface area contributed by atoms with Gasteiger partial charge in [0.1, 0.15) is 0 Å². The molecule has 0 radical (unpaired) electrons. The van der Waals surface area contributed by atoms with Crippen LogP contribution < -0.4 is 16.0 Å². The van der Waals surface area contributed by atoms with Gasteiger partial charge in [-0.1, -0.05) is 26.0 Å². The normalized spacial score (nSPS) is 11.8. The fourth-order valence-electron chi connectivity index (χ4n) is 1.94.